The van der Waals surface area contributed by atoms with Gasteiger partial charge in [-0.2, -0.15) is 0 Å². The Morgan fingerprint density at radius 3 is 1.71 bits per heavy atom. The third kappa shape index (κ3) is 4.36. The number of phenols is 1. The lowest BCUT2D eigenvalue weighted by Crippen LogP contribution is -1.81. The van der Waals surface area contributed by atoms with E-state index in [9.17, 15) is 0 Å². The Balaban J connectivity index is 0.000000194. The van der Waals surface area contributed by atoms with Gasteiger partial charge in [0.15, 0.2) is 0 Å². The van der Waals surface area contributed by atoms with Crippen LogP contribution in [0, 0.1) is 0 Å². The van der Waals surface area contributed by atoms with Crippen molar-refractivity contribution < 1.29 is 5.11 Å². The minimum absolute atomic E-state index is 0.322. The Bertz CT molecular complexity index is 672. The van der Waals surface area contributed by atoms with Gasteiger partial charge >= 0.3 is 0 Å². The molecule has 1 nitrogen and oxygen atoms in total. The fourth-order valence-corrected chi connectivity index (χ4v) is 1.98. The molecule has 0 spiro atoms. The maximum atomic E-state index is 8.63. The molecule has 0 fully saturated rings. The third-order valence-corrected chi connectivity index (χ3v) is 3.02. The Morgan fingerprint density at radius 1 is 0.667 bits per heavy atom. The van der Waals surface area contributed by atoms with Crippen LogP contribution in [0.5, 0.6) is 5.75 Å². The first-order chi connectivity index (χ1) is 10.3. The summed E-state index contributed by atoms with van der Waals surface area (Å²) in [6, 6.07) is 27.3. The van der Waals surface area contributed by atoms with E-state index < -0.39 is 0 Å². The predicted octanol–water partition coefficient (Wildman–Crippen LogP) is 5.39. The highest BCUT2D eigenvalue weighted by Crippen LogP contribution is 2.23. The molecule has 0 radical (unpaired) electrons. The highest BCUT2D eigenvalue weighted by Gasteiger charge is 1.99. The molecule has 0 unspecified atom stereocenters. The Kier molecular flexibility index (Phi) is 5.36. The fourth-order valence-electron chi connectivity index (χ4n) is 1.98. The summed E-state index contributed by atoms with van der Waals surface area (Å²) in [4.78, 5) is 0. The van der Waals surface area contributed by atoms with Crippen LogP contribution in [0.15, 0.2) is 91.5 Å². The van der Waals surface area contributed by atoms with E-state index in [1.54, 1.807) is 24.3 Å². The van der Waals surface area contributed by atoms with Crippen molar-refractivity contribution in [1.82, 2.24) is 0 Å². The van der Waals surface area contributed by atoms with Gasteiger partial charge in [0.1, 0.15) is 5.75 Å². The van der Waals surface area contributed by atoms with Crippen LogP contribution in [0.4, 0.5) is 0 Å². The highest BCUT2D eigenvalue weighted by atomic mass is 16.3. The number of phenolic OH excluding ortho intramolecular Hbond substituents is 1. The standard InChI is InChI=1S/C14H12.C6H6O/c1-2-12-8-6-7-11-14(12)13-9-4-3-5-10-13;7-6-4-2-1-3-5-6/h2-11H,1H2;1-5,7H. The number of aromatic hydroxyl groups is 1. The van der Waals surface area contributed by atoms with Crippen molar-refractivity contribution in [2.24, 2.45) is 0 Å². The van der Waals surface area contributed by atoms with Crippen LogP contribution < -0.4 is 0 Å². The molecule has 3 aromatic carbocycles. The van der Waals surface area contributed by atoms with E-state index in [1.807, 2.05) is 24.3 Å². The molecule has 104 valence electrons. The van der Waals surface area contributed by atoms with E-state index in [0.717, 1.165) is 0 Å². The SMILES string of the molecule is C=Cc1ccccc1-c1ccccc1.Oc1ccccc1. The molecule has 3 rings (SSSR count). The van der Waals surface area contributed by atoms with Crippen molar-refractivity contribution >= 4 is 6.08 Å². The minimum Gasteiger partial charge on any atom is -0.508 e. The monoisotopic (exact) mass is 274 g/mol. The molecule has 0 heterocycles. The summed E-state index contributed by atoms with van der Waals surface area (Å²) in [5.74, 6) is 0.322. The third-order valence-electron chi connectivity index (χ3n) is 3.02. The maximum Gasteiger partial charge on any atom is 0.115 e. The average Bonchev–Trinajstić information content (AvgIpc) is 2.57. The molecular formula is C20H18O. The lowest BCUT2D eigenvalue weighted by atomic mass is 10.00. The van der Waals surface area contributed by atoms with Crippen molar-refractivity contribution in [2.45, 2.75) is 0 Å². The van der Waals surface area contributed by atoms with Crippen molar-refractivity contribution in [3.63, 3.8) is 0 Å². The molecule has 21 heavy (non-hydrogen) atoms. The second-order valence-electron chi connectivity index (χ2n) is 4.49. The predicted molar refractivity (Wildman–Crippen MR) is 90.1 cm³/mol. The van der Waals surface area contributed by atoms with Crippen LogP contribution in [0.25, 0.3) is 17.2 Å². The Labute approximate surface area is 125 Å². The maximum absolute atomic E-state index is 8.63. The normalized spacial score (nSPS) is 9.33. The first kappa shape index (κ1) is 14.6. The minimum atomic E-state index is 0.322. The van der Waals surface area contributed by atoms with Gasteiger partial charge < -0.3 is 5.11 Å². The van der Waals surface area contributed by atoms with E-state index >= 15 is 0 Å². The molecule has 0 saturated heterocycles. The second-order valence-corrected chi connectivity index (χ2v) is 4.49. The summed E-state index contributed by atoms with van der Waals surface area (Å²) in [6.45, 7) is 3.82. The van der Waals surface area contributed by atoms with Gasteiger partial charge in [-0.05, 0) is 28.8 Å². The zero-order valence-corrected chi connectivity index (χ0v) is 11.8. The molecule has 1 heteroatoms. The molecular weight excluding hydrogens is 256 g/mol. The largest absolute Gasteiger partial charge is 0.508 e. The van der Waals surface area contributed by atoms with E-state index in [4.69, 9.17) is 5.11 Å². The summed E-state index contributed by atoms with van der Waals surface area (Å²) < 4.78 is 0. The van der Waals surface area contributed by atoms with E-state index in [-0.39, 0.29) is 0 Å². The molecule has 0 aromatic heterocycles. The molecule has 0 amide bonds. The highest BCUT2D eigenvalue weighted by molar-refractivity contribution is 5.74. The van der Waals surface area contributed by atoms with Gasteiger partial charge in [0.2, 0.25) is 0 Å². The number of hydrogen-bond acceptors (Lipinski definition) is 1. The van der Waals surface area contributed by atoms with Gasteiger partial charge in [0.25, 0.3) is 0 Å². The lowest BCUT2D eigenvalue weighted by Gasteiger charge is -2.04. The summed E-state index contributed by atoms with van der Waals surface area (Å²) in [5.41, 5.74) is 3.66. The van der Waals surface area contributed by atoms with Gasteiger partial charge in [0.05, 0.1) is 0 Å². The lowest BCUT2D eigenvalue weighted by molar-refractivity contribution is 0.475. The zero-order chi connectivity index (χ0) is 14.9. The topological polar surface area (TPSA) is 20.2 Å². The summed E-state index contributed by atoms with van der Waals surface area (Å²) >= 11 is 0. The average molecular weight is 274 g/mol. The van der Waals surface area contributed by atoms with Crippen molar-refractivity contribution in [3.8, 4) is 16.9 Å². The number of benzene rings is 3. The smallest absolute Gasteiger partial charge is 0.115 e. The zero-order valence-electron chi connectivity index (χ0n) is 11.8. The van der Waals surface area contributed by atoms with Crippen LogP contribution in [-0.4, -0.2) is 5.11 Å². The van der Waals surface area contributed by atoms with Crippen LogP contribution in [0.2, 0.25) is 0 Å². The molecule has 1 N–H and O–H groups in total. The van der Waals surface area contributed by atoms with E-state index in [1.165, 1.54) is 16.7 Å². The molecule has 0 bridgehead atoms. The van der Waals surface area contributed by atoms with Gasteiger partial charge in [-0.3, -0.25) is 0 Å². The summed E-state index contributed by atoms with van der Waals surface area (Å²) in [7, 11) is 0. The first-order valence-corrected chi connectivity index (χ1v) is 6.82. The van der Waals surface area contributed by atoms with E-state index in [0.29, 0.717) is 5.75 Å². The molecule has 0 saturated carbocycles. The van der Waals surface area contributed by atoms with Crippen molar-refractivity contribution in [3.05, 3.63) is 97.1 Å². The van der Waals surface area contributed by atoms with Crippen LogP contribution in [0.1, 0.15) is 5.56 Å². The summed E-state index contributed by atoms with van der Waals surface area (Å²) in [5, 5.41) is 8.63. The molecule has 0 aliphatic carbocycles. The van der Waals surface area contributed by atoms with Crippen LogP contribution in [0.3, 0.4) is 0 Å². The Morgan fingerprint density at radius 2 is 1.19 bits per heavy atom. The second kappa shape index (κ2) is 7.71. The number of para-hydroxylation sites is 1. The summed E-state index contributed by atoms with van der Waals surface area (Å²) in [6.07, 6.45) is 1.89. The fraction of sp³-hybridized carbons (Fsp3) is 0. The first-order valence-electron chi connectivity index (χ1n) is 6.82. The molecule has 3 aromatic rings. The quantitative estimate of drug-likeness (QED) is 0.664. The van der Waals surface area contributed by atoms with Crippen LogP contribution >= 0.6 is 0 Å². The number of hydrogen-bond donors (Lipinski definition) is 1. The molecule has 0 aliphatic heterocycles. The molecule has 0 aliphatic rings. The van der Waals surface area contributed by atoms with Gasteiger partial charge in [-0.1, -0.05) is 85.5 Å². The van der Waals surface area contributed by atoms with Crippen LogP contribution in [-0.2, 0) is 0 Å². The van der Waals surface area contributed by atoms with Crippen molar-refractivity contribution in [2.75, 3.05) is 0 Å². The van der Waals surface area contributed by atoms with E-state index in [2.05, 4.69) is 49.0 Å². The molecule has 0 atom stereocenters. The van der Waals surface area contributed by atoms with Crippen molar-refractivity contribution in [1.29, 1.82) is 0 Å². The Hall–Kier alpha value is -2.80. The van der Waals surface area contributed by atoms with Gasteiger partial charge in [0, 0.05) is 0 Å². The van der Waals surface area contributed by atoms with Gasteiger partial charge in [-0.25, -0.2) is 0 Å². The van der Waals surface area contributed by atoms with Gasteiger partial charge in [-0.15, -0.1) is 0 Å². The number of rotatable bonds is 2.